The summed E-state index contributed by atoms with van der Waals surface area (Å²) in [6, 6.07) is 6.47. The Hall–Kier alpha value is -0.930. The van der Waals surface area contributed by atoms with Crippen LogP contribution in [0.1, 0.15) is 30.0 Å². The Morgan fingerprint density at radius 1 is 1.50 bits per heavy atom. The number of rotatable bonds is 2. The molecule has 1 atom stereocenters. The van der Waals surface area contributed by atoms with Crippen molar-refractivity contribution in [1.29, 1.82) is 0 Å². The van der Waals surface area contributed by atoms with Gasteiger partial charge in [0.15, 0.2) is 0 Å². The van der Waals surface area contributed by atoms with Crippen molar-refractivity contribution < 1.29 is 0 Å². The molecule has 2 rings (SSSR count). The van der Waals surface area contributed by atoms with Crippen molar-refractivity contribution >= 4 is 21.6 Å². The first-order chi connectivity index (χ1) is 6.70. The van der Waals surface area contributed by atoms with Gasteiger partial charge in [-0.25, -0.2) is 4.98 Å². The molecule has 1 aromatic heterocycles. The van der Waals surface area contributed by atoms with Gasteiger partial charge in [-0.15, -0.1) is 11.3 Å². The second-order valence-electron chi connectivity index (χ2n) is 3.47. The van der Waals surface area contributed by atoms with Gasteiger partial charge in [-0.2, -0.15) is 0 Å². The molecule has 2 nitrogen and oxygen atoms in total. The van der Waals surface area contributed by atoms with E-state index in [1.54, 1.807) is 11.3 Å². The van der Waals surface area contributed by atoms with Crippen molar-refractivity contribution in [2.24, 2.45) is 5.73 Å². The molecule has 0 saturated heterocycles. The fraction of sp³-hybridized carbons (Fsp3) is 0.364. The van der Waals surface area contributed by atoms with Crippen LogP contribution in [-0.2, 0) is 0 Å². The van der Waals surface area contributed by atoms with Crippen molar-refractivity contribution in [3.8, 4) is 0 Å². The minimum atomic E-state index is 0.140. The lowest BCUT2D eigenvalue weighted by Gasteiger charge is -2.07. The summed E-state index contributed by atoms with van der Waals surface area (Å²) in [5.41, 5.74) is 8.23. The molecule has 2 N–H and O–H groups in total. The van der Waals surface area contributed by atoms with E-state index in [0.717, 1.165) is 16.9 Å². The Balaban J connectivity index is 2.50. The van der Waals surface area contributed by atoms with E-state index in [-0.39, 0.29) is 6.04 Å². The van der Waals surface area contributed by atoms with E-state index in [1.165, 1.54) is 10.3 Å². The number of nitrogens with two attached hydrogens (primary N) is 1. The maximum Gasteiger partial charge on any atom is 0.0907 e. The first-order valence-electron chi connectivity index (χ1n) is 4.83. The molecule has 1 aromatic carbocycles. The zero-order chi connectivity index (χ0) is 10.1. The van der Waals surface area contributed by atoms with E-state index in [1.807, 2.05) is 6.92 Å². The van der Waals surface area contributed by atoms with Gasteiger partial charge in [-0.05, 0) is 31.0 Å². The highest BCUT2D eigenvalue weighted by atomic mass is 32.1. The molecule has 2 aromatic rings. The van der Waals surface area contributed by atoms with E-state index in [4.69, 9.17) is 5.73 Å². The molecule has 0 aliphatic heterocycles. The SMILES string of the molecule is CCC(N)c1ccc2sc(C)nc2c1. The van der Waals surface area contributed by atoms with Crippen molar-refractivity contribution in [2.45, 2.75) is 26.3 Å². The Morgan fingerprint density at radius 3 is 3.00 bits per heavy atom. The summed E-state index contributed by atoms with van der Waals surface area (Å²) >= 11 is 1.73. The van der Waals surface area contributed by atoms with E-state index in [9.17, 15) is 0 Å². The van der Waals surface area contributed by atoms with Gasteiger partial charge in [-0.3, -0.25) is 0 Å². The third-order valence-corrected chi connectivity index (χ3v) is 3.34. The summed E-state index contributed by atoms with van der Waals surface area (Å²) < 4.78 is 1.24. The molecule has 14 heavy (non-hydrogen) atoms. The monoisotopic (exact) mass is 206 g/mol. The molecule has 0 radical (unpaired) electrons. The molecule has 3 heteroatoms. The fourth-order valence-electron chi connectivity index (χ4n) is 1.53. The zero-order valence-corrected chi connectivity index (χ0v) is 9.27. The van der Waals surface area contributed by atoms with Crippen LogP contribution < -0.4 is 5.73 Å². The van der Waals surface area contributed by atoms with Crippen LogP contribution in [0.5, 0.6) is 0 Å². The number of aromatic nitrogens is 1. The van der Waals surface area contributed by atoms with Crippen molar-refractivity contribution in [3.63, 3.8) is 0 Å². The third kappa shape index (κ3) is 1.65. The average Bonchev–Trinajstić information content (AvgIpc) is 2.55. The molecule has 0 spiro atoms. The minimum absolute atomic E-state index is 0.140. The van der Waals surface area contributed by atoms with Crippen molar-refractivity contribution in [1.82, 2.24) is 4.98 Å². The summed E-state index contributed by atoms with van der Waals surface area (Å²) in [5.74, 6) is 0. The normalized spacial score (nSPS) is 13.4. The number of thiazole rings is 1. The van der Waals surface area contributed by atoms with Crippen molar-refractivity contribution in [2.75, 3.05) is 0 Å². The summed E-state index contributed by atoms with van der Waals surface area (Å²) in [6.07, 6.45) is 0.967. The van der Waals surface area contributed by atoms with Gasteiger partial charge in [0.25, 0.3) is 0 Å². The Morgan fingerprint density at radius 2 is 2.29 bits per heavy atom. The smallest absolute Gasteiger partial charge is 0.0907 e. The van der Waals surface area contributed by atoms with Crippen LogP contribution in [-0.4, -0.2) is 4.98 Å². The highest BCUT2D eigenvalue weighted by Gasteiger charge is 2.06. The Labute approximate surface area is 87.8 Å². The van der Waals surface area contributed by atoms with E-state index < -0.39 is 0 Å². The zero-order valence-electron chi connectivity index (χ0n) is 8.45. The highest BCUT2D eigenvalue weighted by Crippen LogP contribution is 2.24. The Kier molecular flexibility index (Phi) is 2.52. The maximum atomic E-state index is 5.97. The molecule has 0 saturated carbocycles. The quantitative estimate of drug-likeness (QED) is 0.820. The summed E-state index contributed by atoms with van der Waals surface area (Å²) in [4.78, 5) is 4.45. The average molecular weight is 206 g/mol. The van der Waals surface area contributed by atoms with Gasteiger partial charge in [0.1, 0.15) is 0 Å². The van der Waals surface area contributed by atoms with Crippen LogP contribution >= 0.6 is 11.3 Å². The molecule has 1 heterocycles. The largest absolute Gasteiger partial charge is 0.324 e. The Bertz CT molecular complexity index is 447. The second-order valence-corrected chi connectivity index (χ2v) is 4.71. The predicted octanol–water partition coefficient (Wildman–Crippen LogP) is 3.01. The first-order valence-corrected chi connectivity index (χ1v) is 5.65. The van der Waals surface area contributed by atoms with Gasteiger partial charge in [-0.1, -0.05) is 13.0 Å². The van der Waals surface area contributed by atoms with Gasteiger partial charge in [0.2, 0.25) is 0 Å². The van der Waals surface area contributed by atoms with E-state index in [2.05, 4.69) is 30.1 Å². The molecule has 0 bridgehead atoms. The molecule has 0 amide bonds. The van der Waals surface area contributed by atoms with Crippen LogP contribution in [0.15, 0.2) is 18.2 Å². The minimum Gasteiger partial charge on any atom is -0.324 e. The molecule has 0 fully saturated rings. The number of fused-ring (bicyclic) bond motifs is 1. The maximum absolute atomic E-state index is 5.97. The van der Waals surface area contributed by atoms with Crippen molar-refractivity contribution in [3.05, 3.63) is 28.8 Å². The molecule has 0 aliphatic carbocycles. The number of benzene rings is 1. The lowest BCUT2D eigenvalue weighted by atomic mass is 10.1. The lowest BCUT2D eigenvalue weighted by molar-refractivity contribution is 0.699. The summed E-state index contributed by atoms with van der Waals surface area (Å²) in [6.45, 7) is 4.13. The number of aryl methyl sites for hydroxylation is 1. The third-order valence-electron chi connectivity index (χ3n) is 2.39. The molecular weight excluding hydrogens is 192 g/mol. The van der Waals surface area contributed by atoms with Crippen LogP contribution in [0.25, 0.3) is 10.2 Å². The highest BCUT2D eigenvalue weighted by molar-refractivity contribution is 7.18. The fourth-order valence-corrected chi connectivity index (χ4v) is 2.33. The molecule has 1 unspecified atom stereocenters. The van der Waals surface area contributed by atoms with Gasteiger partial charge in [0, 0.05) is 6.04 Å². The lowest BCUT2D eigenvalue weighted by Crippen LogP contribution is -2.08. The predicted molar refractivity (Wildman–Crippen MR) is 61.6 cm³/mol. The number of hydrogen-bond donors (Lipinski definition) is 1. The van der Waals surface area contributed by atoms with E-state index in [0.29, 0.717) is 0 Å². The van der Waals surface area contributed by atoms with Crippen LogP contribution in [0.2, 0.25) is 0 Å². The van der Waals surface area contributed by atoms with Crippen LogP contribution in [0, 0.1) is 6.92 Å². The number of nitrogens with zero attached hydrogens (tertiary/aromatic N) is 1. The van der Waals surface area contributed by atoms with Crippen LogP contribution in [0.4, 0.5) is 0 Å². The summed E-state index contributed by atoms with van der Waals surface area (Å²) in [7, 11) is 0. The topological polar surface area (TPSA) is 38.9 Å². The molecular formula is C11H14N2S. The van der Waals surface area contributed by atoms with E-state index >= 15 is 0 Å². The molecule has 0 aliphatic rings. The van der Waals surface area contributed by atoms with Gasteiger partial charge in [0.05, 0.1) is 15.2 Å². The summed E-state index contributed by atoms with van der Waals surface area (Å²) in [5, 5.41) is 1.11. The second kappa shape index (κ2) is 3.67. The van der Waals surface area contributed by atoms with Crippen LogP contribution in [0.3, 0.4) is 0 Å². The first kappa shape index (κ1) is 9.62. The molecule has 74 valence electrons. The number of hydrogen-bond acceptors (Lipinski definition) is 3. The van der Waals surface area contributed by atoms with Gasteiger partial charge < -0.3 is 5.73 Å². The van der Waals surface area contributed by atoms with Gasteiger partial charge >= 0.3 is 0 Å². The standard InChI is InChI=1S/C11H14N2S/c1-3-9(12)8-4-5-11-10(6-8)13-7(2)14-11/h4-6,9H,3,12H2,1-2H3.